The number of hydrogen-bond donors (Lipinski definition) is 0. The summed E-state index contributed by atoms with van der Waals surface area (Å²) in [7, 11) is 0. The van der Waals surface area contributed by atoms with Gasteiger partial charge in [-0.1, -0.05) is 19.4 Å². The van der Waals surface area contributed by atoms with Crippen LogP contribution >= 0.6 is 0 Å². The predicted octanol–water partition coefficient (Wildman–Crippen LogP) is 2.96. The van der Waals surface area contributed by atoms with Crippen molar-refractivity contribution in [2.45, 2.75) is 41.5 Å². The van der Waals surface area contributed by atoms with E-state index < -0.39 is 0 Å². The third-order valence-corrected chi connectivity index (χ3v) is 1.28. The highest BCUT2D eigenvalue weighted by Crippen LogP contribution is 2.01. The number of hydrogen-bond acceptors (Lipinski definition) is 1. The van der Waals surface area contributed by atoms with Crippen molar-refractivity contribution in [2.24, 2.45) is 0 Å². The molecule has 0 radical (unpaired) electrons. The highest BCUT2D eigenvalue weighted by molar-refractivity contribution is 5.93. The molecule has 0 amide bonds. The maximum absolute atomic E-state index is 10.5. The summed E-state index contributed by atoms with van der Waals surface area (Å²) in [6.07, 6.45) is 0. The number of Topliss-reactive ketones (excluding diaryl/α,β-unsaturated/α-hetero) is 1. The SMILES string of the molecule is CC.CC(=O)C(C)=C(C)C. The predicted molar refractivity (Wildman–Crippen MR) is 46.1 cm³/mol. The zero-order chi connectivity index (χ0) is 8.73. The van der Waals surface area contributed by atoms with Gasteiger partial charge in [-0.3, -0.25) is 4.79 Å². The fourth-order valence-electron chi connectivity index (χ4n) is 0.352. The van der Waals surface area contributed by atoms with E-state index in [4.69, 9.17) is 0 Å². The lowest BCUT2D eigenvalue weighted by Crippen LogP contribution is -1.92. The van der Waals surface area contributed by atoms with E-state index in [1.807, 2.05) is 34.6 Å². The third kappa shape index (κ3) is 5.54. The smallest absolute Gasteiger partial charge is 0.155 e. The molecule has 0 saturated carbocycles. The van der Waals surface area contributed by atoms with E-state index in [-0.39, 0.29) is 5.78 Å². The minimum Gasteiger partial charge on any atom is -0.295 e. The monoisotopic (exact) mass is 142 g/mol. The van der Waals surface area contributed by atoms with E-state index in [0.717, 1.165) is 11.1 Å². The van der Waals surface area contributed by atoms with Gasteiger partial charge in [-0.2, -0.15) is 0 Å². The first-order valence-corrected chi connectivity index (χ1v) is 3.70. The van der Waals surface area contributed by atoms with E-state index in [1.165, 1.54) is 0 Å². The Morgan fingerprint density at radius 3 is 1.20 bits per heavy atom. The van der Waals surface area contributed by atoms with Crippen LogP contribution in [0.1, 0.15) is 41.5 Å². The van der Waals surface area contributed by atoms with Crippen molar-refractivity contribution in [3.8, 4) is 0 Å². The summed E-state index contributed by atoms with van der Waals surface area (Å²) in [6, 6.07) is 0. The van der Waals surface area contributed by atoms with Gasteiger partial charge in [0.25, 0.3) is 0 Å². The molecule has 0 aromatic heterocycles. The van der Waals surface area contributed by atoms with E-state index in [0.29, 0.717) is 0 Å². The van der Waals surface area contributed by atoms with Crippen LogP contribution in [-0.2, 0) is 4.79 Å². The van der Waals surface area contributed by atoms with Gasteiger partial charge in [0.2, 0.25) is 0 Å². The normalized spacial score (nSPS) is 7.40. The number of rotatable bonds is 1. The molecule has 10 heavy (non-hydrogen) atoms. The molecule has 0 atom stereocenters. The summed E-state index contributed by atoms with van der Waals surface area (Å²) in [5.74, 6) is 0.171. The standard InChI is InChI=1S/C7H12O.C2H6/c1-5(2)6(3)7(4)8;1-2/h1-4H3;1-2H3. The molecule has 0 aliphatic carbocycles. The Labute approximate surface area is 64.1 Å². The molecule has 0 heterocycles. The summed E-state index contributed by atoms with van der Waals surface area (Å²) in [6.45, 7) is 11.3. The van der Waals surface area contributed by atoms with Gasteiger partial charge in [0.05, 0.1) is 0 Å². The van der Waals surface area contributed by atoms with Gasteiger partial charge in [0.1, 0.15) is 0 Å². The Bertz CT molecular complexity index is 128. The Balaban J connectivity index is 0. The fraction of sp³-hybridized carbons (Fsp3) is 0.667. The highest BCUT2D eigenvalue weighted by Gasteiger charge is 1.95. The molecule has 0 N–H and O–H groups in total. The summed E-state index contributed by atoms with van der Waals surface area (Å²) in [5, 5.41) is 0. The molecule has 0 unspecified atom stereocenters. The molecule has 0 bridgehead atoms. The van der Waals surface area contributed by atoms with Crippen molar-refractivity contribution in [2.75, 3.05) is 0 Å². The van der Waals surface area contributed by atoms with Crippen LogP contribution in [-0.4, -0.2) is 5.78 Å². The van der Waals surface area contributed by atoms with E-state index in [9.17, 15) is 4.79 Å². The minimum absolute atomic E-state index is 0.171. The van der Waals surface area contributed by atoms with Crippen molar-refractivity contribution in [1.29, 1.82) is 0 Å². The molecule has 1 nitrogen and oxygen atoms in total. The lowest BCUT2D eigenvalue weighted by atomic mass is 10.1. The Morgan fingerprint density at radius 1 is 0.900 bits per heavy atom. The third-order valence-electron chi connectivity index (χ3n) is 1.28. The number of carbonyl (C=O) groups excluding carboxylic acids is 1. The van der Waals surface area contributed by atoms with Crippen molar-refractivity contribution >= 4 is 5.78 Å². The van der Waals surface area contributed by atoms with Crippen LogP contribution in [0.25, 0.3) is 0 Å². The van der Waals surface area contributed by atoms with Crippen LogP contribution in [0.15, 0.2) is 11.1 Å². The van der Waals surface area contributed by atoms with Gasteiger partial charge in [-0.15, -0.1) is 0 Å². The minimum atomic E-state index is 0.171. The molecule has 0 spiro atoms. The van der Waals surface area contributed by atoms with Crippen molar-refractivity contribution < 1.29 is 4.79 Å². The molecule has 0 aromatic rings. The molecular formula is C9H18O. The van der Waals surface area contributed by atoms with Gasteiger partial charge in [-0.05, 0) is 33.3 Å². The molecule has 0 aliphatic rings. The van der Waals surface area contributed by atoms with Gasteiger partial charge >= 0.3 is 0 Å². The van der Waals surface area contributed by atoms with Gasteiger partial charge in [-0.25, -0.2) is 0 Å². The zero-order valence-corrected chi connectivity index (χ0v) is 7.91. The largest absolute Gasteiger partial charge is 0.295 e. The molecule has 0 saturated heterocycles. The highest BCUT2D eigenvalue weighted by atomic mass is 16.1. The van der Waals surface area contributed by atoms with Gasteiger partial charge < -0.3 is 0 Å². The quantitative estimate of drug-likeness (QED) is 0.514. The van der Waals surface area contributed by atoms with Gasteiger partial charge in [0, 0.05) is 0 Å². The topological polar surface area (TPSA) is 17.1 Å². The first-order chi connectivity index (χ1) is 4.55. The Hall–Kier alpha value is -0.590. The average molecular weight is 142 g/mol. The van der Waals surface area contributed by atoms with Gasteiger partial charge in [0.15, 0.2) is 5.78 Å². The fourth-order valence-corrected chi connectivity index (χ4v) is 0.352. The molecule has 0 aromatic carbocycles. The van der Waals surface area contributed by atoms with Crippen LogP contribution < -0.4 is 0 Å². The Morgan fingerprint density at radius 2 is 1.20 bits per heavy atom. The van der Waals surface area contributed by atoms with Crippen LogP contribution in [0.5, 0.6) is 0 Å². The number of ketones is 1. The average Bonchev–Trinajstić information content (AvgIpc) is 1.90. The summed E-state index contributed by atoms with van der Waals surface area (Å²) in [5.41, 5.74) is 1.99. The van der Waals surface area contributed by atoms with Crippen LogP contribution in [0, 0.1) is 0 Å². The maximum atomic E-state index is 10.5. The maximum Gasteiger partial charge on any atom is 0.155 e. The molecule has 0 fully saturated rings. The Kier molecular flexibility index (Phi) is 7.91. The lowest BCUT2D eigenvalue weighted by Gasteiger charge is -1.94. The first-order valence-electron chi connectivity index (χ1n) is 3.70. The van der Waals surface area contributed by atoms with Crippen LogP contribution in [0.4, 0.5) is 0 Å². The van der Waals surface area contributed by atoms with Crippen molar-refractivity contribution in [1.82, 2.24) is 0 Å². The van der Waals surface area contributed by atoms with E-state index in [2.05, 4.69) is 0 Å². The first kappa shape index (κ1) is 12.1. The zero-order valence-electron chi connectivity index (χ0n) is 7.91. The summed E-state index contributed by atoms with van der Waals surface area (Å²) >= 11 is 0. The van der Waals surface area contributed by atoms with E-state index >= 15 is 0 Å². The lowest BCUT2D eigenvalue weighted by molar-refractivity contribution is -0.113. The molecular weight excluding hydrogens is 124 g/mol. The van der Waals surface area contributed by atoms with Crippen LogP contribution in [0.2, 0.25) is 0 Å². The molecule has 0 rings (SSSR count). The van der Waals surface area contributed by atoms with E-state index in [1.54, 1.807) is 6.92 Å². The van der Waals surface area contributed by atoms with Crippen LogP contribution in [0.3, 0.4) is 0 Å². The molecule has 1 heteroatoms. The number of carbonyl (C=O) groups is 1. The van der Waals surface area contributed by atoms with Crippen molar-refractivity contribution in [3.63, 3.8) is 0 Å². The second-order valence-electron chi connectivity index (χ2n) is 2.18. The van der Waals surface area contributed by atoms with Crippen molar-refractivity contribution in [3.05, 3.63) is 11.1 Å². The molecule has 0 aliphatic heterocycles. The summed E-state index contributed by atoms with van der Waals surface area (Å²) in [4.78, 5) is 10.5. The number of allylic oxidation sites excluding steroid dienone is 2. The molecule has 60 valence electrons. The summed E-state index contributed by atoms with van der Waals surface area (Å²) < 4.78 is 0. The second-order valence-corrected chi connectivity index (χ2v) is 2.18. The second kappa shape index (κ2) is 6.53.